The third-order valence-corrected chi connectivity index (χ3v) is 5.53. The lowest BCUT2D eigenvalue weighted by molar-refractivity contribution is -0.226. The van der Waals surface area contributed by atoms with Crippen molar-refractivity contribution in [2.45, 2.75) is 44.5 Å². The summed E-state index contributed by atoms with van der Waals surface area (Å²) in [7, 11) is 0. The van der Waals surface area contributed by atoms with Crippen molar-refractivity contribution < 1.29 is 34.4 Å². The summed E-state index contributed by atoms with van der Waals surface area (Å²) in [5.41, 5.74) is 8.51. The van der Waals surface area contributed by atoms with E-state index in [-0.39, 0.29) is 40.8 Å². The van der Waals surface area contributed by atoms with E-state index in [1.54, 1.807) is 19.1 Å². The molecule has 1 heterocycles. The fourth-order valence-corrected chi connectivity index (χ4v) is 3.92. The van der Waals surface area contributed by atoms with Crippen LogP contribution in [0.1, 0.15) is 50.8 Å². The minimum atomic E-state index is -0.986. The van der Waals surface area contributed by atoms with Gasteiger partial charge in [0.2, 0.25) is 0 Å². The number of phenols is 2. The molecule has 4 atom stereocenters. The number of carbonyl (C=O) groups is 2. The van der Waals surface area contributed by atoms with E-state index < -0.39 is 47.6 Å². The van der Waals surface area contributed by atoms with Crippen molar-refractivity contribution in [3.8, 4) is 11.5 Å². The monoisotopic (exact) mass is 425 g/mol. The first-order valence-electron chi connectivity index (χ1n) is 9.59. The Bertz CT molecular complexity index is 1130. The highest BCUT2D eigenvalue weighted by Crippen LogP contribution is 2.40. The number of hydrogen-bond donors (Lipinski definition) is 3. The van der Waals surface area contributed by atoms with Gasteiger partial charge in [-0.1, -0.05) is 29.4 Å². The molecule has 2 aromatic rings. The number of ketones is 2. The molecular weight excluding hydrogens is 406 g/mol. The van der Waals surface area contributed by atoms with Gasteiger partial charge in [-0.15, -0.1) is 0 Å². The van der Waals surface area contributed by atoms with E-state index in [4.69, 9.17) is 15.0 Å². The number of nitrogens with zero attached hydrogens (tertiary/aromatic N) is 3. The van der Waals surface area contributed by atoms with Crippen molar-refractivity contribution in [2.24, 2.45) is 5.11 Å². The Hall–Kier alpha value is -3.43. The van der Waals surface area contributed by atoms with Gasteiger partial charge in [-0.3, -0.25) is 9.59 Å². The standard InChI is InChI=1S/C21H19N3O7/c1-9-18(26)13(23-24-22)7-15(31-9)30-8-10-6-14(25)16-17(19(10)27)21(29)12-5-3-2-4-11(12)20(16)28/h2-6,9,13,15,18,25-27H,7-8H2,1H3/t9-,13+,15+,18+/m0/s1. The second-order valence-corrected chi connectivity index (χ2v) is 7.44. The zero-order valence-electron chi connectivity index (χ0n) is 16.4. The molecule has 0 bridgehead atoms. The van der Waals surface area contributed by atoms with E-state index in [0.29, 0.717) is 0 Å². The number of aromatic hydroxyl groups is 2. The predicted molar refractivity (Wildman–Crippen MR) is 106 cm³/mol. The van der Waals surface area contributed by atoms with Gasteiger partial charge in [-0.2, -0.15) is 0 Å². The Morgan fingerprint density at radius 2 is 1.84 bits per heavy atom. The molecule has 31 heavy (non-hydrogen) atoms. The van der Waals surface area contributed by atoms with Gasteiger partial charge in [0, 0.05) is 28.0 Å². The van der Waals surface area contributed by atoms with Crippen molar-refractivity contribution in [3.63, 3.8) is 0 Å². The first-order valence-corrected chi connectivity index (χ1v) is 9.59. The Kier molecular flexibility index (Phi) is 5.38. The highest BCUT2D eigenvalue weighted by Gasteiger charge is 2.37. The molecule has 0 radical (unpaired) electrons. The second-order valence-electron chi connectivity index (χ2n) is 7.44. The average molecular weight is 425 g/mol. The van der Waals surface area contributed by atoms with Gasteiger partial charge in [-0.25, -0.2) is 0 Å². The molecule has 1 aliphatic carbocycles. The Morgan fingerprint density at radius 1 is 1.19 bits per heavy atom. The molecule has 0 saturated carbocycles. The van der Waals surface area contributed by atoms with E-state index in [0.717, 1.165) is 0 Å². The van der Waals surface area contributed by atoms with E-state index in [2.05, 4.69) is 10.0 Å². The van der Waals surface area contributed by atoms with Crippen molar-refractivity contribution in [3.05, 3.63) is 68.6 Å². The fourth-order valence-electron chi connectivity index (χ4n) is 3.92. The van der Waals surface area contributed by atoms with Gasteiger partial charge < -0.3 is 24.8 Å². The normalized spacial score (nSPS) is 24.8. The van der Waals surface area contributed by atoms with Crippen molar-refractivity contribution in [1.82, 2.24) is 0 Å². The second kappa shape index (κ2) is 8.01. The molecule has 3 N–H and O–H groups in total. The van der Waals surface area contributed by atoms with Crippen LogP contribution in [0.25, 0.3) is 10.4 Å². The summed E-state index contributed by atoms with van der Waals surface area (Å²) in [5.74, 6) is -2.04. The van der Waals surface area contributed by atoms with Crippen LogP contribution in [0, 0.1) is 0 Å². The Labute approximate surface area is 176 Å². The molecule has 10 nitrogen and oxygen atoms in total. The van der Waals surface area contributed by atoms with E-state index in [1.807, 2.05) is 0 Å². The van der Waals surface area contributed by atoms with Gasteiger partial charge >= 0.3 is 0 Å². The maximum atomic E-state index is 12.9. The van der Waals surface area contributed by atoms with Crippen LogP contribution in [0.15, 0.2) is 35.4 Å². The fraction of sp³-hybridized carbons (Fsp3) is 0.333. The molecule has 2 aromatic carbocycles. The van der Waals surface area contributed by atoms with E-state index >= 15 is 0 Å². The number of azide groups is 1. The first-order chi connectivity index (χ1) is 14.8. The Balaban J connectivity index is 1.62. The topological polar surface area (TPSA) is 162 Å². The average Bonchev–Trinajstić information content (AvgIpc) is 2.75. The van der Waals surface area contributed by atoms with E-state index in [1.165, 1.54) is 18.2 Å². The summed E-state index contributed by atoms with van der Waals surface area (Å²) in [6, 6.07) is 6.60. The van der Waals surface area contributed by atoms with Gasteiger partial charge in [0.1, 0.15) is 11.5 Å². The number of benzene rings is 2. The van der Waals surface area contributed by atoms with Crippen LogP contribution < -0.4 is 0 Å². The summed E-state index contributed by atoms with van der Waals surface area (Å²) >= 11 is 0. The number of ether oxygens (including phenoxy) is 2. The van der Waals surface area contributed by atoms with Crippen LogP contribution in [0.3, 0.4) is 0 Å². The maximum absolute atomic E-state index is 12.9. The maximum Gasteiger partial charge on any atom is 0.198 e. The minimum absolute atomic E-state index is 0.0814. The number of hydrogen-bond acceptors (Lipinski definition) is 8. The van der Waals surface area contributed by atoms with E-state index in [9.17, 15) is 24.9 Å². The molecule has 160 valence electrons. The SMILES string of the molecule is C[C@@H]1O[C@@H](OCc2cc(O)c3c(c2O)C(=O)c2ccccc2C3=O)C[C@@H](N=[N+]=[N-])[C@@H]1O. The number of phenolic OH excluding ortho intramolecular Hbond substituents is 2. The summed E-state index contributed by atoms with van der Waals surface area (Å²) in [6.45, 7) is 1.34. The zero-order chi connectivity index (χ0) is 22.3. The highest BCUT2D eigenvalue weighted by atomic mass is 16.7. The number of rotatable bonds is 4. The number of aliphatic hydroxyl groups is 1. The lowest BCUT2D eigenvalue weighted by atomic mass is 9.82. The minimum Gasteiger partial charge on any atom is -0.507 e. The first kappa shape index (κ1) is 20.8. The molecule has 4 rings (SSSR count). The molecule has 0 aromatic heterocycles. The third-order valence-electron chi connectivity index (χ3n) is 5.53. The molecule has 10 heteroatoms. The summed E-state index contributed by atoms with van der Waals surface area (Å²) in [6.07, 6.45) is -2.42. The molecule has 1 saturated heterocycles. The lowest BCUT2D eigenvalue weighted by Gasteiger charge is -2.35. The Morgan fingerprint density at radius 3 is 2.48 bits per heavy atom. The molecule has 2 aliphatic rings. The molecular formula is C21H19N3O7. The summed E-state index contributed by atoms with van der Waals surface area (Å²) in [5, 5.41) is 34.7. The largest absolute Gasteiger partial charge is 0.507 e. The lowest BCUT2D eigenvalue weighted by Crippen LogP contribution is -2.46. The van der Waals surface area contributed by atoms with Crippen LogP contribution >= 0.6 is 0 Å². The number of aliphatic hydroxyl groups excluding tert-OH is 1. The molecule has 0 unspecified atom stereocenters. The molecule has 1 fully saturated rings. The van der Waals surface area contributed by atoms with Crippen molar-refractivity contribution >= 4 is 11.6 Å². The van der Waals surface area contributed by atoms with Crippen molar-refractivity contribution in [1.29, 1.82) is 0 Å². The van der Waals surface area contributed by atoms with Crippen LogP contribution in [0.2, 0.25) is 0 Å². The smallest absolute Gasteiger partial charge is 0.198 e. The van der Waals surface area contributed by atoms with Gasteiger partial charge in [0.25, 0.3) is 0 Å². The van der Waals surface area contributed by atoms with Gasteiger partial charge in [0.15, 0.2) is 17.9 Å². The molecule has 0 spiro atoms. The molecule has 1 aliphatic heterocycles. The van der Waals surface area contributed by atoms with Crippen LogP contribution in [0.5, 0.6) is 11.5 Å². The zero-order valence-corrected chi connectivity index (χ0v) is 16.4. The quantitative estimate of drug-likeness (QED) is 0.250. The highest BCUT2D eigenvalue weighted by molar-refractivity contribution is 6.30. The number of carbonyl (C=O) groups excluding carboxylic acids is 2. The summed E-state index contributed by atoms with van der Waals surface area (Å²) < 4.78 is 11.2. The molecule has 0 amide bonds. The van der Waals surface area contributed by atoms with Crippen LogP contribution in [-0.2, 0) is 16.1 Å². The summed E-state index contributed by atoms with van der Waals surface area (Å²) in [4.78, 5) is 28.4. The third kappa shape index (κ3) is 3.51. The van der Waals surface area contributed by atoms with Crippen LogP contribution in [0.4, 0.5) is 0 Å². The van der Waals surface area contributed by atoms with Gasteiger partial charge in [0.05, 0.1) is 36.0 Å². The predicted octanol–water partition coefficient (Wildman–Crippen LogP) is 2.56. The van der Waals surface area contributed by atoms with Gasteiger partial charge in [-0.05, 0) is 18.5 Å². The van der Waals surface area contributed by atoms with Crippen LogP contribution in [-0.4, -0.2) is 51.4 Å². The number of fused-ring (bicyclic) bond motifs is 2. The van der Waals surface area contributed by atoms with Crippen molar-refractivity contribution in [2.75, 3.05) is 0 Å².